The fourth-order valence-electron chi connectivity index (χ4n) is 2.86. The van der Waals surface area contributed by atoms with E-state index in [1.807, 2.05) is 0 Å². The van der Waals surface area contributed by atoms with Crippen molar-refractivity contribution in [2.45, 2.75) is 31.4 Å². The number of benzene rings is 1. The van der Waals surface area contributed by atoms with Crippen LogP contribution in [0.3, 0.4) is 0 Å². The van der Waals surface area contributed by atoms with Crippen molar-refractivity contribution >= 4 is 35.1 Å². The van der Waals surface area contributed by atoms with Crippen LogP contribution in [0.4, 0.5) is 4.79 Å². The molecule has 8 heteroatoms. The number of hydrogen-bond acceptors (Lipinski definition) is 4. The third-order valence-corrected chi connectivity index (χ3v) is 4.96. The highest BCUT2D eigenvalue weighted by molar-refractivity contribution is 6.34. The molecule has 1 aliphatic carbocycles. The van der Waals surface area contributed by atoms with E-state index in [-0.39, 0.29) is 25.0 Å². The number of rotatable bonds is 6. The number of nitrogens with zero attached hydrogens (tertiary/aromatic N) is 1. The van der Waals surface area contributed by atoms with E-state index in [2.05, 4.69) is 5.32 Å². The van der Waals surface area contributed by atoms with Crippen molar-refractivity contribution in [2.24, 2.45) is 5.92 Å². The lowest BCUT2D eigenvalue weighted by atomic mass is 9.96. The molecule has 1 heterocycles. The number of nitrogens with one attached hydrogen (secondary N) is 1. The Morgan fingerprint density at radius 2 is 2.12 bits per heavy atom. The van der Waals surface area contributed by atoms with Gasteiger partial charge in [0.05, 0.1) is 11.6 Å². The Morgan fingerprint density at radius 1 is 1.42 bits per heavy atom. The molecule has 2 atom stereocenters. The maximum Gasteiger partial charge on any atom is 0.325 e. The summed E-state index contributed by atoms with van der Waals surface area (Å²) in [5.74, 6) is 0.218. The van der Waals surface area contributed by atoms with Crippen molar-refractivity contribution in [3.8, 4) is 5.75 Å². The van der Waals surface area contributed by atoms with E-state index >= 15 is 0 Å². The van der Waals surface area contributed by atoms with Crippen molar-refractivity contribution in [2.75, 3.05) is 13.2 Å². The molecule has 130 valence electrons. The van der Waals surface area contributed by atoms with Gasteiger partial charge < -0.3 is 15.2 Å². The van der Waals surface area contributed by atoms with Crippen LogP contribution in [0.1, 0.15) is 19.8 Å². The van der Waals surface area contributed by atoms with E-state index < -0.39 is 17.7 Å². The zero-order valence-corrected chi connectivity index (χ0v) is 14.6. The molecule has 1 aromatic carbocycles. The maximum atomic E-state index is 12.5. The minimum atomic E-state index is -1.03. The van der Waals surface area contributed by atoms with Gasteiger partial charge in [-0.25, -0.2) is 4.79 Å². The van der Waals surface area contributed by atoms with Crippen LogP contribution in [0.25, 0.3) is 0 Å². The van der Waals surface area contributed by atoms with Gasteiger partial charge in [0, 0.05) is 11.1 Å². The summed E-state index contributed by atoms with van der Waals surface area (Å²) in [6.45, 7) is 1.49. The fourth-order valence-corrected chi connectivity index (χ4v) is 3.19. The molecule has 1 saturated heterocycles. The van der Waals surface area contributed by atoms with Crippen molar-refractivity contribution in [3.63, 3.8) is 0 Å². The third-order valence-electron chi connectivity index (χ3n) is 4.41. The van der Waals surface area contributed by atoms with Gasteiger partial charge in [0.25, 0.3) is 5.91 Å². The molecule has 0 aromatic heterocycles. The first-order valence-electron chi connectivity index (χ1n) is 7.71. The predicted molar refractivity (Wildman–Crippen MR) is 89.3 cm³/mol. The Hall–Kier alpha value is -1.50. The first-order valence-corrected chi connectivity index (χ1v) is 8.47. The van der Waals surface area contributed by atoms with E-state index in [9.17, 15) is 14.7 Å². The molecule has 0 radical (unpaired) electrons. The second-order valence-corrected chi connectivity index (χ2v) is 7.21. The number of carbonyl (C=O) groups is 2. The van der Waals surface area contributed by atoms with Gasteiger partial charge in [-0.3, -0.25) is 9.69 Å². The van der Waals surface area contributed by atoms with Crippen molar-refractivity contribution in [3.05, 3.63) is 28.2 Å². The summed E-state index contributed by atoms with van der Waals surface area (Å²) in [6.07, 6.45) is 0.821. The number of halogens is 2. The first-order chi connectivity index (χ1) is 11.3. The highest BCUT2D eigenvalue weighted by atomic mass is 35.5. The minimum Gasteiger partial charge on any atom is -0.489 e. The van der Waals surface area contributed by atoms with Crippen LogP contribution in [-0.2, 0) is 4.79 Å². The highest BCUT2D eigenvalue weighted by Gasteiger charge is 2.56. The van der Waals surface area contributed by atoms with Gasteiger partial charge in [-0.1, -0.05) is 23.2 Å². The zero-order valence-electron chi connectivity index (χ0n) is 13.1. The third kappa shape index (κ3) is 3.31. The summed E-state index contributed by atoms with van der Waals surface area (Å²) in [4.78, 5) is 25.6. The number of carbonyl (C=O) groups excluding carboxylic acids is 2. The SMILES string of the molecule is C[C@]1(C2CC2)NC(=O)N(C[C@@H](O)COc2cc(Cl)ccc2Cl)C1=O. The quantitative estimate of drug-likeness (QED) is 0.751. The Bertz CT molecular complexity index is 680. The predicted octanol–water partition coefficient (Wildman–Crippen LogP) is 2.45. The molecule has 2 aliphatic rings. The van der Waals surface area contributed by atoms with Crippen LogP contribution in [0.5, 0.6) is 5.75 Å². The number of ether oxygens (including phenoxy) is 1. The van der Waals surface area contributed by atoms with Crippen LogP contribution in [-0.4, -0.2) is 46.7 Å². The van der Waals surface area contributed by atoms with Crippen molar-refractivity contribution in [1.29, 1.82) is 0 Å². The molecule has 1 aromatic rings. The monoisotopic (exact) mass is 372 g/mol. The smallest absolute Gasteiger partial charge is 0.325 e. The van der Waals surface area contributed by atoms with Crippen LogP contribution in [0, 0.1) is 5.92 Å². The van der Waals surface area contributed by atoms with Crippen LogP contribution < -0.4 is 10.1 Å². The Labute approximate surface area is 149 Å². The topological polar surface area (TPSA) is 78.9 Å². The molecular formula is C16H18Cl2N2O4. The van der Waals surface area contributed by atoms with Crippen LogP contribution in [0.2, 0.25) is 10.0 Å². The Morgan fingerprint density at radius 3 is 2.79 bits per heavy atom. The number of urea groups is 1. The van der Waals surface area contributed by atoms with Gasteiger partial charge in [0.2, 0.25) is 0 Å². The standard InChI is InChI=1S/C16H18Cl2N2O4/c1-16(9-2-3-9)14(22)20(15(23)19-16)7-11(21)8-24-13-6-10(17)4-5-12(13)18/h4-6,9,11,21H,2-3,7-8H2,1H3,(H,19,23)/t11-,16-/m1/s1. The van der Waals surface area contributed by atoms with E-state index in [0.717, 1.165) is 17.7 Å². The molecule has 0 spiro atoms. The molecule has 0 unspecified atom stereocenters. The number of β-amino-alcohol motifs (C(OH)–C–C–N with tert-alkyl or cyclic N) is 1. The van der Waals surface area contributed by atoms with E-state index in [4.69, 9.17) is 27.9 Å². The number of aliphatic hydroxyl groups excluding tert-OH is 1. The lowest BCUT2D eigenvalue weighted by Crippen LogP contribution is -2.46. The largest absolute Gasteiger partial charge is 0.489 e. The van der Waals surface area contributed by atoms with Gasteiger partial charge in [-0.15, -0.1) is 0 Å². The normalized spacial score (nSPS) is 24.9. The molecule has 6 nitrogen and oxygen atoms in total. The van der Waals surface area contributed by atoms with Gasteiger partial charge in [-0.05, 0) is 37.8 Å². The second-order valence-electron chi connectivity index (χ2n) is 6.36. The lowest BCUT2D eigenvalue weighted by molar-refractivity contribution is -0.132. The fraction of sp³-hybridized carbons (Fsp3) is 0.500. The summed E-state index contributed by atoms with van der Waals surface area (Å²) in [6, 6.07) is 4.27. The van der Waals surface area contributed by atoms with Gasteiger partial charge in [0.15, 0.2) is 0 Å². The van der Waals surface area contributed by atoms with E-state index in [1.54, 1.807) is 19.1 Å². The summed E-state index contributed by atoms with van der Waals surface area (Å²) < 4.78 is 5.44. The van der Waals surface area contributed by atoms with Gasteiger partial charge in [-0.2, -0.15) is 0 Å². The maximum absolute atomic E-state index is 12.5. The Kier molecular flexibility index (Phi) is 4.64. The Balaban J connectivity index is 1.58. The molecule has 2 N–H and O–H groups in total. The van der Waals surface area contributed by atoms with Crippen molar-refractivity contribution in [1.82, 2.24) is 10.2 Å². The molecule has 1 saturated carbocycles. The molecule has 2 fully saturated rings. The molecule has 1 aliphatic heterocycles. The average molecular weight is 373 g/mol. The number of aliphatic hydroxyl groups is 1. The van der Waals surface area contributed by atoms with Crippen molar-refractivity contribution < 1.29 is 19.4 Å². The highest BCUT2D eigenvalue weighted by Crippen LogP contribution is 2.42. The van der Waals surface area contributed by atoms with Gasteiger partial charge in [0.1, 0.15) is 24.0 Å². The average Bonchev–Trinajstić information content (AvgIpc) is 3.34. The van der Waals surface area contributed by atoms with Crippen LogP contribution in [0.15, 0.2) is 18.2 Å². The van der Waals surface area contributed by atoms with Crippen LogP contribution >= 0.6 is 23.2 Å². The molecule has 0 bridgehead atoms. The minimum absolute atomic E-state index is 0.114. The molecular weight excluding hydrogens is 355 g/mol. The molecule has 24 heavy (non-hydrogen) atoms. The zero-order chi connectivity index (χ0) is 17.5. The number of amides is 3. The summed E-state index contributed by atoms with van der Waals surface area (Å²) in [5.41, 5.74) is -0.853. The number of hydrogen-bond donors (Lipinski definition) is 2. The molecule has 3 amide bonds. The molecule has 3 rings (SSSR count). The van der Waals surface area contributed by atoms with E-state index in [1.165, 1.54) is 6.07 Å². The first kappa shape index (κ1) is 17.3. The summed E-state index contributed by atoms with van der Waals surface area (Å²) >= 11 is 11.8. The summed E-state index contributed by atoms with van der Waals surface area (Å²) in [5, 5.41) is 13.7. The second kappa shape index (κ2) is 6.43. The van der Waals surface area contributed by atoms with E-state index in [0.29, 0.717) is 15.8 Å². The lowest BCUT2D eigenvalue weighted by Gasteiger charge is -2.22. The van der Waals surface area contributed by atoms with Gasteiger partial charge >= 0.3 is 6.03 Å². The summed E-state index contributed by atoms with van der Waals surface area (Å²) in [7, 11) is 0. The number of imide groups is 1.